The van der Waals surface area contributed by atoms with E-state index in [1.807, 2.05) is 0 Å². The monoisotopic (exact) mass is 323 g/mol. The van der Waals surface area contributed by atoms with Crippen molar-refractivity contribution in [3.8, 4) is 0 Å². The van der Waals surface area contributed by atoms with Gasteiger partial charge in [0, 0.05) is 16.9 Å². The van der Waals surface area contributed by atoms with Crippen molar-refractivity contribution >= 4 is 21.8 Å². The SMILES string of the molecule is CCCC(C)C(Br)c1ccc2c(c1)C(=O)NCCC2. The Balaban J connectivity index is 2.26. The summed E-state index contributed by atoms with van der Waals surface area (Å²) in [6, 6.07) is 6.37. The first kappa shape index (κ1) is 14.6. The third-order valence-electron chi connectivity index (χ3n) is 3.85. The van der Waals surface area contributed by atoms with Gasteiger partial charge in [-0.1, -0.05) is 48.3 Å². The molecule has 0 saturated heterocycles. The number of amides is 1. The summed E-state index contributed by atoms with van der Waals surface area (Å²) in [5, 5.41) is 2.97. The Bertz CT molecular complexity index is 458. The van der Waals surface area contributed by atoms with Crippen LogP contribution in [0.1, 0.15) is 59.4 Å². The first-order valence-corrected chi connectivity index (χ1v) is 8.10. The molecule has 0 saturated carbocycles. The summed E-state index contributed by atoms with van der Waals surface area (Å²) in [5.74, 6) is 0.661. The number of carbonyl (C=O) groups is 1. The second-order valence-corrected chi connectivity index (χ2v) is 6.43. The predicted octanol–water partition coefficient (Wildman–Crippen LogP) is 4.23. The fraction of sp³-hybridized carbons (Fsp3) is 0.562. The van der Waals surface area contributed by atoms with Crippen molar-refractivity contribution in [2.75, 3.05) is 6.54 Å². The summed E-state index contributed by atoms with van der Waals surface area (Å²) in [5.41, 5.74) is 3.27. The summed E-state index contributed by atoms with van der Waals surface area (Å²) >= 11 is 3.79. The number of aryl methyl sites for hydroxylation is 1. The van der Waals surface area contributed by atoms with Crippen LogP contribution in [-0.2, 0) is 6.42 Å². The van der Waals surface area contributed by atoms with Crippen LogP contribution in [0.3, 0.4) is 0 Å². The second kappa shape index (κ2) is 6.56. The van der Waals surface area contributed by atoms with Crippen LogP contribution in [0.5, 0.6) is 0 Å². The molecule has 0 radical (unpaired) electrons. The largest absolute Gasteiger partial charge is 0.352 e. The number of hydrogen-bond donors (Lipinski definition) is 1. The number of nitrogens with one attached hydrogen (secondary N) is 1. The predicted molar refractivity (Wildman–Crippen MR) is 82.8 cm³/mol. The van der Waals surface area contributed by atoms with Crippen LogP contribution in [-0.4, -0.2) is 12.5 Å². The molecule has 1 N–H and O–H groups in total. The maximum Gasteiger partial charge on any atom is 0.251 e. The molecule has 1 heterocycles. The van der Waals surface area contributed by atoms with Crippen molar-refractivity contribution in [2.24, 2.45) is 5.92 Å². The summed E-state index contributed by atoms with van der Waals surface area (Å²) in [4.78, 5) is 12.4. The van der Waals surface area contributed by atoms with E-state index in [1.165, 1.54) is 24.0 Å². The summed E-state index contributed by atoms with van der Waals surface area (Å²) in [7, 11) is 0. The third-order valence-corrected chi connectivity index (χ3v) is 5.28. The van der Waals surface area contributed by atoms with Crippen LogP contribution < -0.4 is 5.32 Å². The Kier molecular flexibility index (Phi) is 5.03. The van der Waals surface area contributed by atoms with Gasteiger partial charge in [0.25, 0.3) is 5.91 Å². The van der Waals surface area contributed by atoms with Gasteiger partial charge in [-0.15, -0.1) is 0 Å². The zero-order chi connectivity index (χ0) is 13.8. The van der Waals surface area contributed by atoms with Gasteiger partial charge < -0.3 is 5.32 Å². The molecule has 104 valence electrons. The molecule has 0 bridgehead atoms. The van der Waals surface area contributed by atoms with E-state index in [-0.39, 0.29) is 5.91 Å². The van der Waals surface area contributed by atoms with E-state index in [4.69, 9.17) is 0 Å². The molecular weight excluding hydrogens is 302 g/mol. The minimum atomic E-state index is 0.0807. The highest BCUT2D eigenvalue weighted by atomic mass is 79.9. The van der Waals surface area contributed by atoms with Gasteiger partial charge in [0.15, 0.2) is 0 Å². The molecule has 0 aliphatic carbocycles. The zero-order valence-corrected chi connectivity index (χ0v) is 13.3. The molecular formula is C16H22BrNO. The standard InChI is InChI=1S/C16H22BrNO/c1-3-5-11(2)15(17)13-8-7-12-6-4-9-18-16(19)14(12)10-13/h7-8,10-11,15H,3-6,9H2,1-2H3,(H,18,19). The molecule has 1 aliphatic heterocycles. The molecule has 1 aromatic carbocycles. The molecule has 2 unspecified atom stereocenters. The summed E-state index contributed by atoms with van der Waals surface area (Å²) in [6.07, 6.45) is 4.40. The molecule has 2 rings (SSSR count). The van der Waals surface area contributed by atoms with Gasteiger partial charge in [0.2, 0.25) is 0 Å². The van der Waals surface area contributed by atoms with Crippen molar-refractivity contribution in [1.82, 2.24) is 5.32 Å². The van der Waals surface area contributed by atoms with E-state index < -0.39 is 0 Å². The fourth-order valence-corrected chi connectivity index (χ4v) is 3.25. The topological polar surface area (TPSA) is 29.1 Å². The van der Waals surface area contributed by atoms with Gasteiger partial charge in [-0.25, -0.2) is 0 Å². The van der Waals surface area contributed by atoms with E-state index in [0.717, 1.165) is 24.9 Å². The number of halogens is 1. The maximum absolute atomic E-state index is 12.0. The van der Waals surface area contributed by atoms with Crippen LogP contribution in [0, 0.1) is 5.92 Å². The Morgan fingerprint density at radius 1 is 1.42 bits per heavy atom. The number of rotatable bonds is 4. The first-order valence-electron chi connectivity index (χ1n) is 7.18. The lowest BCUT2D eigenvalue weighted by atomic mass is 9.93. The number of hydrogen-bond acceptors (Lipinski definition) is 1. The van der Waals surface area contributed by atoms with E-state index in [0.29, 0.717) is 10.7 Å². The quantitative estimate of drug-likeness (QED) is 0.825. The highest BCUT2D eigenvalue weighted by Gasteiger charge is 2.20. The van der Waals surface area contributed by atoms with Gasteiger partial charge in [0.05, 0.1) is 0 Å². The number of alkyl halides is 1. The van der Waals surface area contributed by atoms with Gasteiger partial charge in [-0.2, -0.15) is 0 Å². The molecule has 2 nitrogen and oxygen atoms in total. The van der Waals surface area contributed by atoms with Gasteiger partial charge in [-0.3, -0.25) is 4.79 Å². The van der Waals surface area contributed by atoms with E-state index in [1.54, 1.807) is 0 Å². The van der Waals surface area contributed by atoms with Crippen molar-refractivity contribution in [3.63, 3.8) is 0 Å². The van der Waals surface area contributed by atoms with Gasteiger partial charge in [-0.05, 0) is 42.4 Å². The van der Waals surface area contributed by atoms with Crippen LogP contribution in [0.25, 0.3) is 0 Å². The third kappa shape index (κ3) is 3.38. The Labute approximate surface area is 124 Å². The van der Waals surface area contributed by atoms with Crippen molar-refractivity contribution in [3.05, 3.63) is 34.9 Å². The van der Waals surface area contributed by atoms with E-state index in [9.17, 15) is 4.79 Å². The lowest BCUT2D eigenvalue weighted by Gasteiger charge is -2.19. The van der Waals surface area contributed by atoms with E-state index >= 15 is 0 Å². The highest BCUT2D eigenvalue weighted by Crippen LogP contribution is 2.34. The average molecular weight is 324 g/mol. The highest BCUT2D eigenvalue weighted by molar-refractivity contribution is 9.09. The maximum atomic E-state index is 12.0. The van der Waals surface area contributed by atoms with Gasteiger partial charge in [0.1, 0.15) is 0 Å². The minimum Gasteiger partial charge on any atom is -0.352 e. The molecule has 0 spiro atoms. The molecule has 1 aliphatic rings. The van der Waals surface area contributed by atoms with Crippen LogP contribution >= 0.6 is 15.9 Å². The minimum absolute atomic E-state index is 0.0807. The summed E-state index contributed by atoms with van der Waals surface area (Å²) in [6.45, 7) is 5.25. The molecule has 0 fully saturated rings. The Hall–Kier alpha value is -0.830. The Morgan fingerprint density at radius 3 is 2.95 bits per heavy atom. The van der Waals surface area contributed by atoms with Gasteiger partial charge >= 0.3 is 0 Å². The Morgan fingerprint density at radius 2 is 2.21 bits per heavy atom. The van der Waals surface area contributed by atoms with E-state index in [2.05, 4.69) is 53.3 Å². The van der Waals surface area contributed by atoms with Crippen LogP contribution in [0.2, 0.25) is 0 Å². The smallest absolute Gasteiger partial charge is 0.251 e. The normalized spacial score (nSPS) is 18.2. The molecule has 1 amide bonds. The lowest BCUT2D eigenvalue weighted by molar-refractivity contribution is 0.0956. The molecule has 2 atom stereocenters. The fourth-order valence-electron chi connectivity index (χ4n) is 2.70. The van der Waals surface area contributed by atoms with Crippen LogP contribution in [0.4, 0.5) is 0 Å². The van der Waals surface area contributed by atoms with Crippen molar-refractivity contribution in [2.45, 2.75) is 44.4 Å². The average Bonchev–Trinajstić information content (AvgIpc) is 2.60. The summed E-state index contributed by atoms with van der Waals surface area (Å²) < 4.78 is 0. The second-order valence-electron chi connectivity index (χ2n) is 5.44. The van der Waals surface area contributed by atoms with Crippen molar-refractivity contribution < 1.29 is 4.79 Å². The molecule has 1 aromatic rings. The first-order chi connectivity index (χ1) is 9.13. The molecule has 0 aromatic heterocycles. The zero-order valence-electron chi connectivity index (χ0n) is 11.7. The number of carbonyl (C=O) groups excluding carboxylic acids is 1. The number of fused-ring (bicyclic) bond motifs is 1. The number of benzene rings is 1. The lowest BCUT2D eigenvalue weighted by Crippen LogP contribution is -2.22. The van der Waals surface area contributed by atoms with Crippen LogP contribution in [0.15, 0.2) is 18.2 Å². The molecule has 3 heteroatoms. The molecule has 19 heavy (non-hydrogen) atoms. The van der Waals surface area contributed by atoms with Crippen molar-refractivity contribution in [1.29, 1.82) is 0 Å².